The van der Waals surface area contributed by atoms with Gasteiger partial charge in [0, 0.05) is 35.6 Å². The normalized spacial score (nSPS) is 11.0. The Balaban J connectivity index is 1.33. The van der Waals surface area contributed by atoms with Gasteiger partial charge in [0.25, 0.3) is 5.91 Å². The Morgan fingerprint density at radius 1 is 1.10 bits per heavy atom. The van der Waals surface area contributed by atoms with Crippen LogP contribution in [0.5, 0.6) is 0 Å². The molecule has 3 aromatic heterocycles. The van der Waals surface area contributed by atoms with Crippen LogP contribution < -0.4 is 10.6 Å². The SMILES string of the molecule is Cn1cc(C(=O)Nc2cccc(-c3nnc(Nc4ccc5[nH]ncc5c4)o3)c2)cn1. The van der Waals surface area contributed by atoms with Crippen LogP contribution in [0.25, 0.3) is 22.4 Å². The molecule has 0 saturated heterocycles. The predicted octanol–water partition coefficient (Wildman–Crippen LogP) is 3.34. The summed E-state index contributed by atoms with van der Waals surface area (Å²) < 4.78 is 7.30. The maximum Gasteiger partial charge on any atom is 0.320 e. The number of hydrogen-bond donors (Lipinski definition) is 3. The van der Waals surface area contributed by atoms with E-state index in [4.69, 9.17) is 4.42 Å². The first-order valence-corrected chi connectivity index (χ1v) is 9.08. The van der Waals surface area contributed by atoms with Crippen LogP contribution in [0, 0.1) is 0 Å². The molecule has 10 nitrogen and oxygen atoms in total. The Bertz CT molecular complexity index is 1350. The van der Waals surface area contributed by atoms with Crippen molar-refractivity contribution < 1.29 is 9.21 Å². The number of amides is 1. The van der Waals surface area contributed by atoms with Crippen LogP contribution >= 0.6 is 0 Å². The van der Waals surface area contributed by atoms with Gasteiger partial charge in [-0.3, -0.25) is 14.6 Å². The maximum absolute atomic E-state index is 12.3. The number of aryl methyl sites for hydroxylation is 1. The number of H-pyrrole nitrogens is 1. The maximum atomic E-state index is 12.3. The van der Waals surface area contributed by atoms with E-state index < -0.39 is 0 Å². The highest BCUT2D eigenvalue weighted by Crippen LogP contribution is 2.25. The highest BCUT2D eigenvalue weighted by Gasteiger charge is 2.12. The summed E-state index contributed by atoms with van der Waals surface area (Å²) in [4.78, 5) is 12.3. The van der Waals surface area contributed by atoms with Gasteiger partial charge in [0.15, 0.2) is 0 Å². The van der Waals surface area contributed by atoms with Crippen molar-refractivity contribution >= 4 is 34.2 Å². The molecule has 10 heteroatoms. The van der Waals surface area contributed by atoms with Gasteiger partial charge in [-0.2, -0.15) is 10.2 Å². The van der Waals surface area contributed by atoms with Gasteiger partial charge >= 0.3 is 6.01 Å². The summed E-state index contributed by atoms with van der Waals surface area (Å²) in [6.07, 6.45) is 4.90. The second kappa shape index (κ2) is 7.17. The number of carbonyl (C=O) groups excluding carboxylic acids is 1. The first-order chi connectivity index (χ1) is 14.6. The molecule has 5 aromatic rings. The molecule has 30 heavy (non-hydrogen) atoms. The summed E-state index contributed by atoms with van der Waals surface area (Å²) in [6.45, 7) is 0. The van der Waals surface area contributed by atoms with Crippen molar-refractivity contribution in [2.24, 2.45) is 7.05 Å². The minimum Gasteiger partial charge on any atom is -0.403 e. The lowest BCUT2D eigenvalue weighted by molar-refractivity contribution is 0.102. The van der Waals surface area contributed by atoms with Gasteiger partial charge in [0.2, 0.25) is 5.89 Å². The van der Waals surface area contributed by atoms with Crippen LogP contribution in [-0.2, 0) is 7.05 Å². The summed E-state index contributed by atoms with van der Waals surface area (Å²) in [5.74, 6) is 0.0853. The molecule has 0 aliphatic rings. The third kappa shape index (κ3) is 3.49. The number of aromatic nitrogens is 6. The minimum absolute atomic E-state index is 0.247. The molecule has 0 unspecified atom stereocenters. The van der Waals surface area contributed by atoms with E-state index >= 15 is 0 Å². The van der Waals surface area contributed by atoms with Gasteiger partial charge in [-0.25, -0.2) is 0 Å². The zero-order valence-corrected chi connectivity index (χ0v) is 15.8. The molecule has 5 rings (SSSR count). The number of nitrogens with zero attached hydrogens (tertiary/aromatic N) is 5. The van der Waals surface area contributed by atoms with E-state index in [0.29, 0.717) is 22.7 Å². The van der Waals surface area contributed by atoms with Crippen molar-refractivity contribution in [3.8, 4) is 11.5 Å². The molecule has 3 N–H and O–H groups in total. The molecule has 3 heterocycles. The van der Waals surface area contributed by atoms with Crippen molar-refractivity contribution in [2.75, 3.05) is 10.6 Å². The van der Waals surface area contributed by atoms with Gasteiger partial charge < -0.3 is 15.1 Å². The fraction of sp³-hybridized carbons (Fsp3) is 0.0500. The summed E-state index contributed by atoms with van der Waals surface area (Å²) in [7, 11) is 1.76. The fourth-order valence-electron chi connectivity index (χ4n) is 3.01. The highest BCUT2D eigenvalue weighted by molar-refractivity contribution is 6.04. The Labute approximate surface area is 169 Å². The Morgan fingerprint density at radius 2 is 2.03 bits per heavy atom. The van der Waals surface area contributed by atoms with Gasteiger partial charge in [-0.1, -0.05) is 11.2 Å². The van der Waals surface area contributed by atoms with E-state index in [1.54, 1.807) is 42.3 Å². The molecule has 0 atom stereocenters. The zero-order valence-electron chi connectivity index (χ0n) is 15.8. The second-order valence-corrected chi connectivity index (χ2v) is 6.65. The summed E-state index contributed by atoms with van der Waals surface area (Å²) in [5.41, 5.74) is 3.51. The van der Waals surface area contributed by atoms with E-state index in [9.17, 15) is 4.79 Å². The van der Waals surface area contributed by atoms with Gasteiger partial charge in [0.1, 0.15) is 0 Å². The minimum atomic E-state index is -0.247. The Kier molecular flexibility index (Phi) is 4.21. The number of hydrogen-bond acceptors (Lipinski definition) is 7. The predicted molar refractivity (Wildman–Crippen MR) is 110 cm³/mol. The quantitative estimate of drug-likeness (QED) is 0.413. The molecule has 0 spiro atoms. The lowest BCUT2D eigenvalue weighted by atomic mass is 10.2. The fourth-order valence-corrected chi connectivity index (χ4v) is 3.01. The number of benzene rings is 2. The lowest BCUT2D eigenvalue weighted by Crippen LogP contribution is -2.11. The van der Waals surface area contributed by atoms with Crippen LogP contribution in [0.4, 0.5) is 17.4 Å². The standard InChI is InChI=1S/C20H16N8O2/c1-28-11-14(10-22-28)18(29)23-15-4-2-3-12(7-15)19-26-27-20(30-19)24-16-5-6-17-13(8-16)9-21-25-17/h2-11H,1H3,(H,21,25)(H,23,29)(H,24,27). The molecule has 0 radical (unpaired) electrons. The largest absolute Gasteiger partial charge is 0.403 e. The monoisotopic (exact) mass is 400 g/mol. The van der Waals surface area contributed by atoms with E-state index in [-0.39, 0.29) is 11.9 Å². The number of anilines is 3. The smallest absolute Gasteiger partial charge is 0.320 e. The number of rotatable bonds is 5. The van der Waals surface area contributed by atoms with Gasteiger partial charge in [-0.05, 0) is 36.4 Å². The number of aromatic amines is 1. The van der Waals surface area contributed by atoms with Crippen molar-refractivity contribution in [3.05, 3.63) is 66.6 Å². The molecular weight excluding hydrogens is 384 g/mol. The van der Waals surface area contributed by atoms with Crippen LogP contribution in [0.1, 0.15) is 10.4 Å². The molecule has 148 valence electrons. The average molecular weight is 400 g/mol. The Morgan fingerprint density at radius 3 is 2.90 bits per heavy atom. The molecular formula is C20H16N8O2. The third-order valence-electron chi connectivity index (χ3n) is 4.45. The van der Waals surface area contributed by atoms with Crippen LogP contribution in [-0.4, -0.2) is 36.1 Å². The summed E-state index contributed by atoms with van der Waals surface area (Å²) in [6, 6.07) is 13.2. The van der Waals surface area contributed by atoms with E-state index in [0.717, 1.165) is 16.6 Å². The summed E-state index contributed by atoms with van der Waals surface area (Å²) in [5, 5.41) is 25.9. The zero-order chi connectivity index (χ0) is 20.5. The topological polar surface area (TPSA) is 127 Å². The van der Waals surface area contributed by atoms with Crippen molar-refractivity contribution in [2.45, 2.75) is 0 Å². The van der Waals surface area contributed by atoms with Crippen molar-refractivity contribution in [3.63, 3.8) is 0 Å². The highest BCUT2D eigenvalue weighted by atomic mass is 16.4. The lowest BCUT2D eigenvalue weighted by Gasteiger charge is -2.04. The number of fused-ring (bicyclic) bond motifs is 1. The first-order valence-electron chi connectivity index (χ1n) is 9.08. The molecule has 0 aliphatic heterocycles. The second-order valence-electron chi connectivity index (χ2n) is 6.65. The van der Waals surface area contributed by atoms with Crippen molar-refractivity contribution in [1.82, 2.24) is 30.2 Å². The van der Waals surface area contributed by atoms with Crippen LogP contribution in [0.3, 0.4) is 0 Å². The molecule has 0 aliphatic carbocycles. The number of carbonyl (C=O) groups is 1. The molecule has 0 fully saturated rings. The van der Waals surface area contributed by atoms with Crippen LogP contribution in [0.15, 0.2) is 65.5 Å². The molecule has 0 bridgehead atoms. The first kappa shape index (κ1) is 17.6. The average Bonchev–Trinajstić information content (AvgIpc) is 3.49. The van der Waals surface area contributed by atoms with Crippen molar-refractivity contribution in [1.29, 1.82) is 0 Å². The Hall–Kier alpha value is -4.47. The van der Waals surface area contributed by atoms with E-state index in [1.165, 1.54) is 6.20 Å². The summed E-state index contributed by atoms with van der Waals surface area (Å²) >= 11 is 0. The van der Waals surface area contributed by atoms with E-state index in [2.05, 4.69) is 36.1 Å². The third-order valence-corrected chi connectivity index (χ3v) is 4.45. The molecule has 0 saturated carbocycles. The van der Waals surface area contributed by atoms with Gasteiger partial charge in [-0.15, -0.1) is 5.10 Å². The number of nitrogens with one attached hydrogen (secondary N) is 3. The van der Waals surface area contributed by atoms with E-state index in [1.807, 2.05) is 24.3 Å². The molecule has 2 aromatic carbocycles. The van der Waals surface area contributed by atoms with Gasteiger partial charge in [0.05, 0.1) is 23.5 Å². The van der Waals surface area contributed by atoms with Crippen LogP contribution in [0.2, 0.25) is 0 Å². The molecule has 1 amide bonds.